The van der Waals surface area contributed by atoms with Gasteiger partial charge in [0, 0.05) is 18.8 Å². The molecule has 0 saturated carbocycles. The van der Waals surface area contributed by atoms with Gasteiger partial charge in [-0.15, -0.1) is 0 Å². The summed E-state index contributed by atoms with van der Waals surface area (Å²) in [6.45, 7) is 4.80. The molecule has 1 N–H and O–H groups in total. The number of ether oxygens (including phenoxy) is 1. The third-order valence-electron chi connectivity index (χ3n) is 2.05. The first-order valence-corrected chi connectivity index (χ1v) is 5.36. The van der Waals surface area contributed by atoms with E-state index in [2.05, 4.69) is 15.3 Å². The molecule has 0 aliphatic heterocycles. The Morgan fingerprint density at radius 2 is 2.44 bits per heavy atom. The fourth-order valence-corrected chi connectivity index (χ4v) is 1.24. The van der Waals surface area contributed by atoms with Crippen LogP contribution in [0, 0.1) is 0 Å². The van der Waals surface area contributed by atoms with Crippen LogP contribution in [-0.4, -0.2) is 28.6 Å². The summed E-state index contributed by atoms with van der Waals surface area (Å²) in [7, 11) is 0. The monoisotopic (exact) mass is 223 g/mol. The van der Waals surface area contributed by atoms with E-state index < -0.39 is 0 Å². The fraction of sp³-hybridized carbons (Fsp3) is 0.545. The van der Waals surface area contributed by atoms with Gasteiger partial charge in [0.25, 0.3) is 0 Å². The van der Waals surface area contributed by atoms with Crippen LogP contribution in [0.2, 0.25) is 0 Å². The summed E-state index contributed by atoms with van der Waals surface area (Å²) < 4.78 is 4.86. The first-order valence-electron chi connectivity index (χ1n) is 5.36. The smallest absolute Gasteiger partial charge is 0.307 e. The minimum absolute atomic E-state index is 0.0778. The van der Waals surface area contributed by atoms with Crippen LogP contribution in [0.15, 0.2) is 18.6 Å². The first-order chi connectivity index (χ1) is 7.72. The van der Waals surface area contributed by atoms with Gasteiger partial charge in [-0.2, -0.15) is 0 Å². The van der Waals surface area contributed by atoms with Crippen LogP contribution in [0.3, 0.4) is 0 Å². The lowest BCUT2D eigenvalue weighted by Crippen LogP contribution is -2.29. The van der Waals surface area contributed by atoms with Gasteiger partial charge in [-0.05, 0) is 19.9 Å². The zero-order valence-electron chi connectivity index (χ0n) is 9.64. The van der Waals surface area contributed by atoms with E-state index in [1.807, 2.05) is 13.0 Å². The molecule has 88 valence electrons. The van der Waals surface area contributed by atoms with Gasteiger partial charge in [-0.25, -0.2) is 9.97 Å². The van der Waals surface area contributed by atoms with Crippen molar-refractivity contribution in [2.45, 2.75) is 32.9 Å². The summed E-state index contributed by atoms with van der Waals surface area (Å²) in [5, 5.41) is 3.20. The standard InChI is InChI=1S/C11H17N3O2/c1-3-16-11(15)6-9(2)13-7-10-4-5-12-8-14-10/h4-5,8-9,13H,3,6-7H2,1-2H3. The van der Waals surface area contributed by atoms with Crippen molar-refractivity contribution in [3.8, 4) is 0 Å². The summed E-state index contributed by atoms with van der Waals surface area (Å²) in [5.74, 6) is -0.176. The minimum Gasteiger partial charge on any atom is -0.466 e. The van der Waals surface area contributed by atoms with E-state index in [9.17, 15) is 4.79 Å². The largest absolute Gasteiger partial charge is 0.466 e. The van der Waals surface area contributed by atoms with Crippen molar-refractivity contribution < 1.29 is 9.53 Å². The summed E-state index contributed by atoms with van der Waals surface area (Å²) in [4.78, 5) is 19.1. The number of esters is 1. The van der Waals surface area contributed by atoms with Crippen LogP contribution in [0.1, 0.15) is 26.0 Å². The highest BCUT2D eigenvalue weighted by molar-refractivity contribution is 5.69. The normalized spacial score (nSPS) is 12.1. The maximum Gasteiger partial charge on any atom is 0.307 e. The predicted molar refractivity (Wildman–Crippen MR) is 59.6 cm³/mol. The zero-order chi connectivity index (χ0) is 11.8. The molecule has 0 spiro atoms. The topological polar surface area (TPSA) is 64.1 Å². The van der Waals surface area contributed by atoms with E-state index in [0.29, 0.717) is 19.6 Å². The molecule has 0 aliphatic carbocycles. The average molecular weight is 223 g/mol. The Bertz CT molecular complexity index is 316. The van der Waals surface area contributed by atoms with Crippen LogP contribution in [0.5, 0.6) is 0 Å². The molecule has 0 aromatic carbocycles. The predicted octanol–water partition coefficient (Wildman–Crippen LogP) is 0.908. The molecule has 1 atom stereocenters. The van der Waals surface area contributed by atoms with Gasteiger partial charge < -0.3 is 10.1 Å². The molecule has 1 rings (SSSR count). The van der Waals surface area contributed by atoms with Crippen LogP contribution < -0.4 is 5.32 Å². The van der Waals surface area contributed by atoms with Crippen molar-refractivity contribution in [2.75, 3.05) is 6.61 Å². The fourth-order valence-electron chi connectivity index (χ4n) is 1.24. The Morgan fingerprint density at radius 1 is 1.62 bits per heavy atom. The molecular formula is C11H17N3O2. The second kappa shape index (κ2) is 6.90. The van der Waals surface area contributed by atoms with Crippen LogP contribution in [-0.2, 0) is 16.1 Å². The number of aromatic nitrogens is 2. The molecule has 5 nitrogen and oxygen atoms in total. The number of carbonyl (C=O) groups is 1. The summed E-state index contributed by atoms with van der Waals surface area (Å²) in [6.07, 6.45) is 3.58. The van der Waals surface area contributed by atoms with E-state index in [-0.39, 0.29) is 12.0 Å². The molecule has 0 radical (unpaired) electrons. The second-order valence-electron chi connectivity index (χ2n) is 3.49. The highest BCUT2D eigenvalue weighted by Crippen LogP contribution is 1.97. The van der Waals surface area contributed by atoms with Crippen molar-refractivity contribution in [2.24, 2.45) is 0 Å². The van der Waals surface area contributed by atoms with Gasteiger partial charge in [0.05, 0.1) is 18.7 Å². The number of hydrogen-bond acceptors (Lipinski definition) is 5. The molecule has 5 heteroatoms. The van der Waals surface area contributed by atoms with E-state index in [1.165, 1.54) is 6.33 Å². The molecule has 0 saturated heterocycles. The molecule has 1 heterocycles. The quantitative estimate of drug-likeness (QED) is 0.726. The minimum atomic E-state index is -0.176. The Kier molecular flexibility index (Phi) is 5.42. The van der Waals surface area contributed by atoms with E-state index in [0.717, 1.165) is 5.69 Å². The third kappa shape index (κ3) is 4.84. The maximum absolute atomic E-state index is 11.2. The maximum atomic E-state index is 11.2. The molecule has 1 aromatic heterocycles. The van der Waals surface area contributed by atoms with Crippen LogP contribution in [0.4, 0.5) is 0 Å². The van der Waals surface area contributed by atoms with E-state index in [1.54, 1.807) is 13.1 Å². The second-order valence-corrected chi connectivity index (χ2v) is 3.49. The lowest BCUT2D eigenvalue weighted by atomic mass is 10.2. The van der Waals surface area contributed by atoms with Crippen molar-refractivity contribution in [3.05, 3.63) is 24.3 Å². The van der Waals surface area contributed by atoms with Crippen molar-refractivity contribution in [1.82, 2.24) is 15.3 Å². The number of nitrogens with one attached hydrogen (secondary N) is 1. The van der Waals surface area contributed by atoms with Crippen molar-refractivity contribution in [3.63, 3.8) is 0 Å². The highest BCUT2D eigenvalue weighted by Gasteiger charge is 2.09. The Labute approximate surface area is 95.3 Å². The van der Waals surface area contributed by atoms with Crippen molar-refractivity contribution >= 4 is 5.97 Å². The van der Waals surface area contributed by atoms with Crippen molar-refractivity contribution in [1.29, 1.82) is 0 Å². The van der Waals surface area contributed by atoms with E-state index >= 15 is 0 Å². The zero-order valence-corrected chi connectivity index (χ0v) is 9.64. The van der Waals surface area contributed by atoms with Gasteiger partial charge in [0.1, 0.15) is 6.33 Å². The lowest BCUT2D eigenvalue weighted by Gasteiger charge is -2.12. The molecular weight excluding hydrogens is 206 g/mol. The van der Waals surface area contributed by atoms with Gasteiger partial charge in [-0.3, -0.25) is 4.79 Å². The van der Waals surface area contributed by atoms with E-state index in [4.69, 9.17) is 4.74 Å². The SMILES string of the molecule is CCOC(=O)CC(C)NCc1ccncn1. The van der Waals surface area contributed by atoms with Gasteiger partial charge in [0.2, 0.25) is 0 Å². The third-order valence-corrected chi connectivity index (χ3v) is 2.05. The lowest BCUT2D eigenvalue weighted by molar-refractivity contribution is -0.143. The number of nitrogens with zero attached hydrogens (tertiary/aromatic N) is 2. The van der Waals surface area contributed by atoms with Crippen LogP contribution >= 0.6 is 0 Å². The number of carbonyl (C=O) groups excluding carboxylic acids is 1. The molecule has 0 fully saturated rings. The highest BCUT2D eigenvalue weighted by atomic mass is 16.5. The number of hydrogen-bond donors (Lipinski definition) is 1. The van der Waals surface area contributed by atoms with Gasteiger partial charge in [0.15, 0.2) is 0 Å². The number of rotatable bonds is 6. The Balaban J connectivity index is 2.25. The Hall–Kier alpha value is -1.49. The molecule has 0 amide bonds. The molecule has 0 bridgehead atoms. The summed E-state index contributed by atoms with van der Waals surface area (Å²) >= 11 is 0. The average Bonchev–Trinajstić information content (AvgIpc) is 2.28. The molecule has 1 aromatic rings. The van der Waals surface area contributed by atoms with Gasteiger partial charge in [-0.1, -0.05) is 0 Å². The summed E-state index contributed by atoms with van der Waals surface area (Å²) in [5.41, 5.74) is 0.908. The first kappa shape index (κ1) is 12.6. The van der Waals surface area contributed by atoms with Gasteiger partial charge >= 0.3 is 5.97 Å². The summed E-state index contributed by atoms with van der Waals surface area (Å²) in [6, 6.07) is 1.92. The molecule has 1 unspecified atom stereocenters. The molecule has 0 aliphatic rings. The van der Waals surface area contributed by atoms with Crippen LogP contribution in [0.25, 0.3) is 0 Å². The molecule has 16 heavy (non-hydrogen) atoms. The Morgan fingerprint density at radius 3 is 3.06 bits per heavy atom.